The van der Waals surface area contributed by atoms with Crippen molar-refractivity contribution in [2.24, 2.45) is 0 Å². The van der Waals surface area contributed by atoms with Gasteiger partial charge in [0.15, 0.2) is 12.1 Å². The lowest BCUT2D eigenvalue weighted by Gasteiger charge is -2.23. The molecule has 2 fully saturated rings. The van der Waals surface area contributed by atoms with Gasteiger partial charge in [-0.15, -0.1) is 0 Å². The zero-order valence-electron chi connectivity index (χ0n) is 10.2. The number of alkyl halides is 3. The maximum Gasteiger partial charge on any atom is 0.471 e. The van der Waals surface area contributed by atoms with Crippen LogP contribution in [0.4, 0.5) is 13.2 Å². The molecule has 0 aromatic rings. The van der Waals surface area contributed by atoms with Crippen molar-refractivity contribution in [3.8, 4) is 0 Å². The van der Waals surface area contributed by atoms with Crippen LogP contribution in [0.3, 0.4) is 0 Å². The van der Waals surface area contributed by atoms with Crippen LogP contribution in [-0.2, 0) is 19.0 Å². The minimum absolute atomic E-state index is 0.473. The summed E-state index contributed by atoms with van der Waals surface area (Å²) in [5.74, 6) is -3.00. The Morgan fingerprint density at radius 1 is 1.37 bits per heavy atom. The number of carbonyl (C=O) groups excluding carboxylic acids is 1. The molecule has 0 bridgehead atoms. The van der Waals surface area contributed by atoms with E-state index in [1.165, 1.54) is 0 Å². The molecule has 2 aliphatic rings. The maximum absolute atomic E-state index is 12.0. The highest BCUT2D eigenvalue weighted by atomic mass is 19.4. The molecule has 0 spiro atoms. The van der Waals surface area contributed by atoms with E-state index in [0.29, 0.717) is 0 Å². The van der Waals surface area contributed by atoms with E-state index in [2.05, 4.69) is 0 Å². The van der Waals surface area contributed by atoms with Crippen LogP contribution in [0.25, 0.3) is 0 Å². The van der Waals surface area contributed by atoms with Gasteiger partial charge in [0.1, 0.15) is 18.3 Å². The van der Waals surface area contributed by atoms with Gasteiger partial charge in [-0.1, -0.05) is 0 Å². The van der Waals surface area contributed by atoms with Crippen molar-refractivity contribution in [1.82, 2.24) is 5.32 Å². The van der Waals surface area contributed by atoms with Crippen molar-refractivity contribution >= 4 is 5.91 Å². The molecule has 0 aromatic carbocycles. The molecule has 2 rings (SSSR count). The lowest BCUT2D eigenvalue weighted by Crippen LogP contribution is -2.45. The smallest absolute Gasteiger partial charge is 0.387 e. The number of rotatable bonds is 2. The number of hydrogen-bond donors (Lipinski definition) is 2. The van der Waals surface area contributed by atoms with E-state index in [-0.39, 0.29) is 0 Å². The van der Waals surface area contributed by atoms with Crippen molar-refractivity contribution in [3.63, 3.8) is 0 Å². The number of ether oxygens (including phenoxy) is 3. The maximum atomic E-state index is 12.0. The van der Waals surface area contributed by atoms with Gasteiger partial charge in [-0.2, -0.15) is 13.2 Å². The third kappa shape index (κ3) is 2.99. The molecule has 110 valence electrons. The molecule has 0 saturated carbocycles. The van der Waals surface area contributed by atoms with E-state index >= 15 is 0 Å². The Morgan fingerprint density at radius 2 is 2.00 bits per heavy atom. The Balaban J connectivity index is 1.87. The molecule has 2 N–H and O–H groups in total. The second kappa shape index (κ2) is 4.58. The van der Waals surface area contributed by atoms with Gasteiger partial charge in [0.05, 0.1) is 0 Å². The van der Waals surface area contributed by atoms with Crippen LogP contribution < -0.4 is 5.32 Å². The first-order valence-electron chi connectivity index (χ1n) is 5.64. The predicted octanol–water partition coefficient (Wildman–Crippen LogP) is -0.0978. The van der Waals surface area contributed by atoms with Gasteiger partial charge >= 0.3 is 12.1 Å². The predicted molar refractivity (Wildman–Crippen MR) is 53.8 cm³/mol. The van der Waals surface area contributed by atoms with E-state index in [1.54, 1.807) is 19.2 Å². The zero-order valence-corrected chi connectivity index (χ0v) is 10.2. The van der Waals surface area contributed by atoms with E-state index in [1.807, 2.05) is 0 Å². The molecule has 19 heavy (non-hydrogen) atoms. The molecule has 0 aliphatic carbocycles. The van der Waals surface area contributed by atoms with Gasteiger partial charge in [-0.3, -0.25) is 4.79 Å². The molecular formula is C10H14F3NO5. The van der Waals surface area contributed by atoms with Crippen molar-refractivity contribution in [3.05, 3.63) is 0 Å². The monoisotopic (exact) mass is 285 g/mol. The first-order chi connectivity index (χ1) is 8.60. The van der Waals surface area contributed by atoms with Crippen molar-refractivity contribution in [2.75, 3.05) is 6.54 Å². The van der Waals surface area contributed by atoms with Crippen LogP contribution in [-0.4, -0.2) is 54.1 Å². The largest absolute Gasteiger partial charge is 0.471 e. The summed E-state index contributed by atoms with van der Waals surface area (Å²) in [7, 11) is 0. The minimum atomic E-state index is -4.96. The number of aliphatic hydroxyl groups is 1. The summed E-state index contributed by atoms with van der Waals surface area (Å²) < 4.78 is 51.8. The topological polar surface area (TPSA) is 77.0 Å². The molecule has 0 aromatic heterocycles. The minimum Gasteiger partial charge on any atom is -0.387 e. The van der Waals surface area contributed by atoms with E-state index < -0.39 is 49.0 Å². The van der Waals surface area contributed by atoms with Crippen LogP contribution in [0.2, 0.25) is 0 Å². The van der Waals surface area contributed by atoms with Crippen LogP contribution in [0.15, 0.2) is 0 Å². The number of carbonyl (C=O) groups is 1. The quantitative estimate of drug-likeness (QED) is 0.741. The van der Waals surface area contributed by atoms with E-state index in [4.69, 9.17) is 14.2 Å². The number of halogens is 3. The molecule has 3 unspecified atom stereocenters. The van der Waals surface area contributed by atoms with Crippen molar-refractivity contribution in [1.29, 1.82) is 0 Å². The fourth-order valence-corrected chi connectivity index (χ4v) is 2.02. The van der Waals surface area contributed by atoms with E-state index in [0.717, 1.165) is 0 Å². The first kappa shape index (κ1) is 14.5. The highest BCUT2D eigenvalue weighted by molar-refractivity contribution is 5.81. The number of nitrogens with one attached hydrogen (secondary N) is 1. The lowest BCUT2D eigenvalue weighted by atomic mass is 10.1. The number of aliphatic hydroxyl groups excluding tert-OH is 1. The van der Waals surface area contributed by atoms with Gasteiger partial charge in [-0.05, 0) is 13.8 Å². The fourth-order valence-electron chi connectivity index (χ4n) is 2.02. The normalized spacial score (nSPS) is 37.2. The second-order valence-corrected chi connectivity index (χ2v) is 4.84. The third-order valence-electron chi connectivity index (χ3n) is 2.84. The van der Waals surface area contributed by atoms with Crippen LogP contribution in [0.1, 0.15) is 13.8 Å². The van der Waals surface area contributed by atoms with Gasteiger partial charge in [0.2, 0.25) is 0 Å². The summed E-state index contributed by atoms with van der Waals surface area (Å²) in [4.78, 5) is 10.6. The Bertz CT molecular complexity index is 373. The van der Waals surface area contributed by atoms with Crippen molar-refractivity contribution < 1.29 is 37.3 Å². The van der Waals surface area contributed by atoms with Crippen LogP contribution in [0, 0.1) is 0 Å². The summed E-state index contributed by atoms with van der Waals surface area (Å²) >= 11 is 0. The third-order valence-corrected chi connectivity index (χ3v) is 2.84. The molecule has 2 heterocycles. The van der Waals surface area contributed by atoms with Crippen LogP contribution in [0.5, 0.6) is 0 Å². The molecular weight excluding hydrogens is 271 g/mol. The Labute approximate surface area is 106 Å². The summed E-state index contributed by atoms with van der Waals surface area (Å²) in [6, 6.07) is 0. The Morgan fingerprint density at radius 3 is 2.53 bits per heavy atom. The first-order valence-corrected chi connectivity index (χ1v) is 5.64. The number of hydrogen-bond acceptors (Lipinski definition) is 5. The molecule has 2 aliphatic heterocycles. The number of amides is 1. The lowest BCUT2D eigenvalue weighted by molar-refractivity contribution is -0.214. The summed E-state index contributed by atoms with van der Waals surface area (Å²) in [5, 5.41) is 11.5. The van der Waals surface area contributed by atoms with Gasteiger partial charge in [0, 0.05) is 6.54 Å². The summed E-state index contributed by atoms with van der Waals surface area (Å²) in [6.07, 6.45) is -8.76. The molecule has 1 amide bonds. The zero-order chi connectivity index (χ0) is 14.4. The SMILES string of the molecule is CC1(C)OC2O[C@H](CNC(=O)C(F)(F)F)C(O)C2O1. The molecule has 0 radical (unpaired) electrons. The summed E-state index contributed by atoms with van der Waals surface area (Å²) in [5.41, 5.74) is 0. The molecule has 6 nitrogen and oxygen atoms in total. The molecule has 9 heteroatoms. The second-order valence-electron chi connectivity index (χ2n) is 4.84. The highest BCUT2D eigenvalue weighted by Crippen LogP contribution is 2.37. The average Bonchev–Trinajstić information content (AvgIpc) is 2.69. The van der Waals surface area contributed by atoms with Crippen LogP contribution >= 0.6 is 0 Å². The Hall–Kier alpha value is -0.900. The van der Waals surface area contributed by atoms with E-state index in [9.17, 15) is 23.1 Å². The number of fused-ring (bicyclic) bond motifs is 1. The van der Waals surface area contributed by atoms with Gasteiger partial charge < -0.3 is 24.6 Å². The Kier molecular flexibility index (Phi) is 3.50. The average molecular weight is 285 g/mol. The summed E-state index contributed by atoms with van der Waals surface area (Å²) in [6.45, 7) is 2.78. The molecule has 2 saturated heterocycles. The highest BCUT2D eigenvalue weighted by Gasteiger charge is 2.54. The van der Waals surface area contributed by atoms with Gasteiger partial charge in [0.25, 0.3) is 0 Å². The van der Waals surface area contributed by atoms with Gasteiger partial charge in [-0.25, -0.2) is 0 Å². The standard InChI is InChI=1S/C10H14F3NO5/c1-9(2)18-6-5(15)4(17-7(6)19-9)3-14-8(16)10(11,12)13/h4-7,15H,3H2,1-2H3,(H,14,16)/t4-,5?,6?,7?/m1/s1. The van der Waals surface area contributed by atoms with Crippen molar-refractivity contribution in [2.45, 2.75) is 50.4 Å². The molecule has 4 atom stereocenters. The fraction of sp³-hybridized carbons (Fsp3) is 0.900.